The van der Waals surface area contributed by atoms with Crippen LogP contribution in [0.4, 0.5) is 5.95 Å². The second-order valence-electron chi connectivity index (χ2n) is 8.78. The molecular formula is C25H26N6O2. The Morgan fingerprint density at radius 1 is 0.970 bits per heavy atom. The van der Waals surface area contributed by atoms with Gasteiger partial charge in [-0.1, -0.05) is 12.1 Å². The minimum Gasteiger partial charge on any atom is -0.497 e. The fourth-order valence-corrected chi connectivity index (χ4v) is 4.63. The third-order valence-corrected chi connectivity index (χ3v) is 6.59. The summed E-state index contributed by atoms with van der Waals surface area (Å²) in [6, 6.07) is 15.9. The van der Waals surface area contributed by atoms with Crippen molar-refractivity contribution in [2.45, 2.75) is 19.3 Å². The quantitative estimate of drug-likeness (QED) is 0.482. The molecule has 1 saturated carbocycles. The number of amides is 1. The molecule has 2 aromatic carbocycles. The van der Waals surface area contributed by atoms with Crippen molar-refractivity contribution in [2.24, 2.45) is 5.92 Å². The molecule has 1 aliphatic heterocycles. The van der Waals surface area contributed by atoms with Gasteiger partial charge in [0.25, 0.3) is 0 Å². The van der Waals surface area contributed by atoms with Crippen molar-refractivity contribution in [2.75, 3.05) is 38.2 Å². The molecule has 2 aliphatic rings. The van der Waals surface area contributed by atoms with E-state index in [1.807, 2.05) is 53.4 Å². The Balaban J connectivity index is 1.45. The van der Waals surface area contributed by atoms with Gasteiger partial charge in [0.05, 0.1) is 12.6 Å². The predicted octanol–water partition coefficient (Wildman–Crippen LogP) is 3.40. The SMILES string of the molecule is COc1ccc(-c2nnc3c4ccccc4nc(N4CCCN(C(=O)C5CC5)CC4)n23)cc1. The molecule has 0 unspecified atom stereocenters. The second-order valence-corrected chi connectivity index (χ2v) is 8.78. The Labute approximate surface area is 191 Å². The Morgan fingerprint density at radius 3 is 2.58 bits per heavy atom. The maximum Gasteiger partial charge on any atom is 0.225 e. The lowest BCUT2D eigenvalue weighted by Gasteiger charge is -2.24. The molecule has 0 atom stereocenters. The highest BCUT2D eigenvalue weighted by molar-refractivity contribution is 5.93. The smallest absolute Gasteiger partial charge is 0.225 e. The van der Waals surface area contributed by atoms with Crippen LogP contribution in [-0.4, -0.2) is 63.7 Å². The first kappa shape index (κ1) is 20.0. The van der Waals surface area contributed by atoms with Crippen molar-refractivity contribution >= 4 is 28.4 Å². The van der Waals surface area contributed by atoms with E-state index in [0.717, 1.165) is 78.5 Å². The summed E-state index contributed by atoms with van der Waals surface area (Å²) in [7, 11) is 1.66. The Kier molecular flexibility index (Phi) is 4.86. The predicted molar refractivity (Wildman–Crippen MR) is 126 cm³/mol. The summed E-state index contributed by atoms with van der Waals surface area (Å²) in [5.74, 6) is 2.93. The maximum absolute atomic E-state index is 12.6. The minimum atomic E-state index is 0.251. The summed E-state index contributed by atoms with van der Waals surface area (Å²) in [6.07, 6.45) is 2.99. The van der Waals surface area contributed by atoms with Crippen LogP contribution in [0.3, 0.4) is 0 Å². The van der Waals surface area contributed by atoms with Gasteiger partial charge in [-0.05, 0) is 55.7 Å². The molecule has 0 spiro atoms. The topological polar surface area (TPSA) is 75.9 Å². The van der Waals surface area contributed by atoms with Gasteiger partial charge in [-0.3, -0.25) is 4.79 Å². The maximum atomic E-state index is 12.6. The van der Waals surface area contributed by atoms with E-state index in [1.165, 1.54) is 0 Å². The number of fused-ring (bicyclic) bond motifs is 3. The first-order chi connectivity index (χ1) is 16.2. The standard InChI is InChI=1S/C25H26N6O2/c1-33-19-11-9-17(10-12-19)22-27-28-23-20-5-2-3-6-21(20)26-25(31(22)23)30-14-4-13-29(15-16-30)24(32)18-7-8-18/h2-3,5-6,9-12,18H,4,7-8,13-16H2,1H3. The zero-order valence-corrected chi connectivity index (χ0v) is 18.6. The Morgan fingerprint density at radius 2 is 1.79 bits per heavy atom. The number of hydrogen-bond donors (Lipinski definition) is 0. The molecule has 4 aromatic rings. The number of ether oxygens (including phenoxy) is 1. The van der Waals surface area contributed by atoms with Gasteiger partial charge in [0.1, 0.15) is 5.75 Å². The van der Waals surface area contributed by atoms with Gasteiger partial charge in [0, 0.05) is 43.0 Å². The van der Waals surface area contributed by atoms with Crippen molar-refractivity contribution in [3.8, 4) is 17.1 Å². The van der Waals surface area contributed by atoms with Crippen LogP contribution in [-0.2, 0) is 4.79 Å². The van der Waals surface area contributed by atoms with Crippen molar-refractivity contribution < 1.29 is 9.53 Å². The van der Waals surface area contributed by atoms with E-state index in [2.05, 4.69) is 19.5 Å². The van der Waals surface area contributed by atoms with Gasteiger partial charge >= 0.3 is 0 Å². The molecule has 8 nitrogen and oxygen atoms in total. The van der Waals surface area contributed by atoms with E-state index in [-0.39, 0.29) is 5.92 Å². The van der Waals surface area contributed by atoms with Crippen LogP contribution in [0.1, 0.15) is 19.3 Å². The fourth-order valence-electron chi connectivity index (χ4n) is 4.63. The fraction of sp³-hybridized carbons (Fsp3) is 0.360. The zero-order valence-electron chi connectivity index (χ0n) is 18.6. The monoisotopic (exact) mass is 442 g/mol. The van der Waals surface area contributed by atoms with E-state index in [9.17, 15) is 4.79 Å². The number of benzene rings is 2. The molecular weight excluding hydrogens is 416 g/mol. The number of nitrogens with zero attached hydrogens (tertiary/aromatic N) is 6. The molecule has 8 heteroatoms. The number of methoxy groups -OCH3 is 1. The average Bonchev–Trinajstić information content (AvgIpc) is 3.66. The largest absolute Gasteiger partial charge is 0.497 e. The van der Waals surface area contributed by atoms with Gasteiger partial charge in [0.2, 0.25) is 11.9 Å². The van der Waals surface area contributed by atoms with E-state index in [0.29, 0.717) is 12.5 Å². The normalized spacial score (nSPS) is 16.9. The van der Waals surface area contributed by atoms with Gasteiger partial charge in [-0.25, -0.2) is 9.38 Å². The summed E-state index contributed by atoms with van der Waals surface area (Å²) >= 11 is 0. The molecule has 1 amide bonds. The third kappa shape index (κ3) is 3.55. The summed E-state index contributed by atoms with van der Waals surface area (Å²) in [5.41, 5.74) is 2.63. The van der Waals surface area contributed by atoms with Crippen LogP contribution in [0.5, 0.6) is 5.75 Å². The molecule has 168 valence electrons. The van der Waals surface area contributed by atoms with Crippen LogP contribution < -0.4 is 9.64 Å². The van der Waals surface area contributed by atoms with Crippen LogP contribution >= 0.6 is 0 Å². The summed E-state index contributed by atoms with van der Waals surface area (Å²) < 4.78 is 7.38. The lowest BCUT2D eigenvalue weighted by Crippen LogP contribution is -2.36. The van der Waals surface area contributed by atoms with E-state index < -0.39 is 0 Å². The summed E-state index contributed by atoms with van der Waals surface area (Å²) in [6.45, 7) is 3.08. The van der Waals surface area contributed by atoms with Gasteiger partial charge in [-0.15, -0.1) is 10.2 Å². The van der Waals surface area contributed by atoms with Gasteiger partial charge in [-0.2, -0.15) is 0 Å². The van der Waals surface area contributed by atoms with E-state index >= 15 is 0 Å². The zero-order chi connectivity index (χ0) is 22.4. The second kappa shape index (κ2) is 8.03. The highest BCUT2D eigenvalue weighted by atomic mass is 16.5. The van der Waals surface area contributed by atoms with Crippen molar-refractivity contribution in [1.82, 2.24) is 24.5 Å². The Bertz CT molecular complexity index is 1330. The van der Waals surface area contributed by atoms with Crippen LogP contribution in [0.15, 0.2) is 48.5 Å². The number of hydrogen-bond acceptors (Lipinski definition) is 6. The third-order valence-electron chi connectivity index (χ3n) is 6.59. The molecule has 1 saturated heterocycles. The Hall–Kier alpha value is -3.68. The van der Waals surface area contributed by atoms with Gasteiger partial charge in [0.15, 0.2) is 11.5 Å². The number of carbonyl (C=O) groups excluding carboxylic acids is 1. The molecule has 0 radical (unpaired) electrons. The molecule has 1 aliphatic carbocycles. The number of anilines is 1. The number of carbonyl (C=O) groups is 1. The molecule has 2 aromatic heterocycles. The van der Waals surface area contributed by atoms with Gasteiger partial charge < -0.3 is 14.5 Å². The molecule has 0 N–H and O–H groups in total. The number of rotatable bonds is 4. The minimum absolute atomic E-state index is 0.251. The van der Waals surface area contributed by atoms with Crippen molar-refractivity contribution in [3.05, 3.63) is 48.5 Å². The van der Waals surface area contributed by atoms with Crippen molar-refractivity contribution in [3.63, 3.8) is 0 Å². The number of para-hydroxylation sites is 1. The molecule has 3 heterocycles. The van der Waals surface area contributed by atoms with Crippen LogP contribution in [0.2, 0.25) is 0 Å². The first-order valence-corrected chi connectivity index (χ1v) is 11.5. The highest BCUT2D eigenvalue weighted by Crippen LogP contribution is 2.32. The molecule has 33 heavy (non-hydrogen) atoms. The average molecular weight is 443 g/mol. The first-order valence-electron chi connectivity index (χ1n) is 11.5. The summed E-state index contributed by atoms with van der Waals surface area (Å²) in [5, 5.41) is 10.1. The van der Waals surface area contributed by atoms with Crippen molar-refractivity contribution in [1.29, 1.82) is 0 Å². The van der Waals surface area contributed by atoms with Crippen LogP contribution in [0.25, 0.3) is 27.9 Å². The lowest BCUT2D eigenvalue weighted by atomic mass is 10.2. The number of aromatic nitrogens is 4. The van der Waals surface area contributed by atoms with E-state index in [1.54, 1.807) is 7.11 Å². The van der Waals surface area contributed by atoms with Crippen LogP contribution in [0, 0.1) is 5.92 Å². The highest BCUT2D eigenvalue weighted by Gasteiger charge is 2.34. The van der Waals surface area contributed by atoms with E-state index in [4.69, 9.17) is 9.72 Å². The molecule has 0 bridgehead atoms. The lowest BCUT2D eigenvalue weighted by molar-refractivity contribution is -0.132. The summed E-state index contributed by atoms with van der Waals surface area (Å²) in [4.78, 5) is 22.0. The molecule has 6 rings (SSSR count). The molecule has 2 fully saturated rings.